The van der Waals surface area contributed by atoms with Crippen molar-refractivity contribution in [3.63, 3.8) is 0 Å². The van der Waals surface area contributed by atoms with E-state index in [1.54, 1.807) is 32.9 Å². The molecular weight excluding hydrogens is 853 g/mol. The fourth-order valence-electron chi connectivity index (χ4n) is 11.3. The fourth-order valence-corrected chi connectivity index (χ4v) is 19.6. The van der Waals surface area contributed by atoms with E-state index in [2.05, 4.69) is 5.32 Å². The summed E-state index contributed by atoms with van der Waals surface area (Å²) in [5, 5.41) is 17.1. The Morgan fingerprint density at radius 2 is 1.33 bits per heavy atom. The van der Waals surface area contributed by atoms with Crippen LogP contribution in [0.4, 0.5) is 14.5 Å². The van der Waals surface area contributed by atoms with Crippen molar-refractivity contribution in [3.05, 3.63) is 94.6 Å². The molecule has 0 aromatic heterocycles. The van der Waals surface area contributed by atoms with Crippen molar-refractivity contribution in [1.29, 1.82) is 0 Å². The number of aliphatic hydroxyl groups is 1. The van der Waals surface area contributed by atoms with Gasteiger partial charge in [-0.25, -0.2) is 8.78 Å². The molecule has 58 heavy (non-hydrogen) atoms. The van der Waals surface area contributed by atoms with E-state index in [4.69, 9.17) is 4.18 Å². The highest BCUT2D eigenvalue weighted by atomic mass is 33.1. The van der Waals surface area contributed by atoms with Crippen molar-refractivity contribution in [2.45, 2.75) is 86.8 Å². The van der Waals surface area contributed by atoms with E-state index in [0.717, 1.165) is 54.8 Å². The zero-order valence-corrected chi connectivity index (χ0v) is 35.3. The molecule has 2 N–H and O–H groups in total. The number of halogens is 2. The maximum absolute atomic E-state index is 16.1. The van der Waals surface area contributed by atoms with E-state index in [1.165, 1.54) is 76.2 Å². The van der Waals surface area contributed by atoms with Gasteiger partial charge in [0.05, 0.1) is 21.8 Å². The van der Waals surface area contributed by atoms with E-state index in [1.807, 2.05) is 0 Å². The minimum Gasteiger partial charge on any atom is -0.388 e. The van der Waals surface area contributed by atoms with Crippen molar-refractivity contribution < 1.29 is 45.7 Å². The zero-order valence-electron chi connectivity index (χ0n) is 31.2. The average Bonchev–Trinajstić information content (AvgIpc) is 3.83. The number of aryl methyl sites for hydroxylation is 1. The van der Waals surface area contributed by atoms with Crippen molar-refractivity contribution in [1.82, 2.24) is 19.6 Å². The van der Waals surface area contributed by atoms with Gasteiger partial charge in [0.2, 0.25) is 9.74 Å². The number of piperazine rings is 2. The van der Waals surface area contributed by atoms with Crippen molar-refractivity contribution in [2.24, 2.45) is 0 Å². The SMILES string of the molecule is Cc1ccc(S(=O)(=O)O[C@H]2[C@]3([C@@]45c6cc(F)ccc6C[C@@H]4N4C(=O)[C@]6(C)SS[C@]4(C(=O)N6C)[C@H]5O)c4cc(F)ccc4N[C@@H]3N3C(=O)[C@]4(C)SS[C@]23C(=O)N4C)cc1. The number of aliphatic hydroxyl groups excluding tert-OH is 1. The lowest BCUT2D eigenvalue weighted by molar-refractivity contribution is -0.166. The number of hydrogen-bond donors (Lipinski definition) is 2. The van der Waals surface area contributed by atoms with Gasteiger partial charge in [0, 0.05) is 19.8 Å². The molecule has 8 fully saturated rings. The topological polar surface area (TPSA) is 157 Å². The average molecular weight is 886 g/mol. The number of carbonyl (C=O) groups is 4. The number of nitrogens with zero attached hydrogens (tertiary/aromatic N) is 4. The highest BCUT2D eigenvalue weighted by molar-refractivity contribution is 8.78. The van der Waals surface area contributed by atoms with Gasteiger partial charge in [-0.3, -0.25) is 28.3 Å². The first-order chi connectivity index (χ1) is 27.3. The molecule has 1 aliphatic carbocycles. The molecule has 302 valence electrons. The molecular formula is C38H33F2N5O8S5. The van der Waals surface area contributed by atoms with Crippen molar-refractivity contribution in [3.8, 4) is 0 Å². The zero-order chi connectivity index (χ0) is 41.1. The summed E-state index contributed by atoms with van der Waals surface area (Å²) >= 11 is 0. The molecule has 13 nitrogen and oxygen atoms in total. The van der Waals surface area contributed by atoms with E-state index < -0.39 is 100 Å². The quantitative estimate of drug-likeness (QED) is 0.290. The van der Waals surface area contributed by atoms with Crippen LogP contribution in [0, 0.1) is 18.6 Å². The van der Waals surface area contributed by atoms with Crippen molar-refractivity contribution in [2.75, 3.05) is 19.4 Å². The van der Waals surface area contributed by atoms with Gasteiger partial charge >= 0.3 is 0 Å². The van der Waals surface area contributed by atoms with Crippen LogP contribution in [-0.4, -0.2) is 115 Å². The molecule has 10 atom stereocenters. The summed E-state index contributed by atoms with van der Waals surface area (Å²) in [4.78, 5) is 58.1. The number of hydrogen-bond acceptors (Lipinski definition) is 13. The van der Waals surface area contributed by atoms with Gasteiger partial charge < -0.3 is 25.1 Å². The largest absolute Gasteiger partial charge is 0.388 e. The first kappa shape index (κ1) is 37.5. The molecule has 9 heterocycles. The van der Waals surface area contributed by atoms with E-state index in [0.29, 0.717) is 5.56 Å². The molecule has 20 heteroatoms. The lowest BCUT2D eigenvalue weighted by Gasteiger charge is -2.58. The second kappa shape index (κ2) is 11.0. The molecule has 10 aliphatic rings. The van der Waals surface area contributed by atoms with Crippen LogP contribution >= 0.6 is 43.2 Å². The molecule has 2 spiro atoms. The molecule has 0 unspecified atom stereocenters. The molecule has 8 saturated heterocycles. The van der Waals surface area contributed by atoms with Gasteiger partial charge in [0.25, 0.3) is 33.7 Å². The third-order valence-corrected chi connectivity index (χ3v) is 22.7. The van der Waals surface area contributed by atoms with Crippen LogP contribution in [0.5, 0.6) is 0 Å². The molecule has 3 aromatic rings. The first-order valence-electron chi connectivity index (χ1n) is 18.3. The Balaban J connectivity index is 1.32. The summed E-state index contributed by atoms with van der Waals surface area (Å²) in [5.74, 6) is -3.99. The molecule has 9 aliphatic heterocycles. The van der Waals surface area contributed by atoms with Crippen LogP contribution < -0.4 is 5.32 Å². The van der Waals surface area contributed by atoms with Crippen LogP contribution in [0.25, 0.3) is 0 Å². The highest BCUT2D eigenvalue weighted by Crippen LogP contribution is 2.79. The number of benzene rings is 3. The number of fused-ring (bicyclic) bond motifs is 11. The van der Waals surface area contributed by atoms with Gasteiger partial charge in [0.1, 0.15) is 30.0 Å². The Hall–Kier alpha value is -3.53. The van der Waals surface area contributed by atoms with Gasteiger partial charge in [-0.1, -0.05) is 45.4 Å². The maximum Gasteiger partial charge on any atom is 0.297 e. The van der Waals surface area contributed by atoms with Crippen LogP contribution in [0.15, 0.2) is 65.6 Å². The van der Waals surface area contributed by atoms with Gasteiger partial charge in [-0.05, 0) is 108 Å². The normalized spacial score (nSPS) is 40.1. The molecule has 13 rings (SSSR count). The highest BCUT2D eigenvalue weighted by Gasteiger charge is 2.93. The smallest absolute Gasteiger partial charge is 0.297 e. The predicted octanol–water partition coefficient (Wildman–Crippen LogP) is 3.50. The summed E-state index contributed by atoms with van der Waals surface area (Å²) in [6.45, 7) is 4.94. The summed E-state index contributed by atoms with van der Waals surface area (Å²) in [7, 11) is 2.00. The predicted molar refractivity (Wildman–Crippen MR) is 212 cm³/mol. The summed E-state index contributed by atoms with van der Waals surface area (Å²) in [5.41, 5.74) is -2.85. The number of carbonyl (C=O) groups excluding carboxylic acids is 4. The molecule has 4 amide bonds. The monoisotopic (exact) mass is 885 g/mol. The number of anilines is 1. The van der Waals surface area contributed by atoms with Crippen LogP contribution in [0.1, 0.15) is 36.1 Å². The summed E-state index contributed by atoms with van der Waals surface area (Å²) < 4.78 is 68.6. The van der Waals surface area contributed by atoms with Crippen molar-refractivity contribution >= 4 is 82.6 Å². The Morgan fingerprint density at radius 3 is 1.98 bits per heavy atom. The second-order valence-corrected chi connectivity index (χ2v) is 23.5. The lowest BCUT2D eigenvalue weighted by Crippen LogP contribution is -2.77. The van der Waals surface area contributed by atoms with Crippen LogP contribution in [0.3, 0.4) is 0 Å². The number of amides is 4. The first-order valence-corrected chi connectivity index (χ1v) is 24.0. The molecule has 3 aromatic carbocycles. The van der Waals surface area contributed by atoms with Gasteiger partial charge in [-0.2, -0.15) is 8.42 Å². The Morgan fingerprint density at radius 1 is 0.759 bits per heavy atom. The molecule has 4 bridgehead atoms. The van der Waals surface area contributed by atoms with E-state index >= 15 is 23.2 Å². The lowest BCUT2D eigenvalue weighted by atomic mass is 9.51. The van der Waals surface area contributed by atoms with E-state index in [-0.39, 0.29) is 28.1 Å². The maximum atomic E-state index is 16.1. The summed E-state index contributed by atoms with van der Waals surface area (Å²) in [6.07, 6.45) is -5.54. The fraction of sp³-hybridized carbons (Fsp3) is 0.421. The number of nitrogens with one attached hydrogen (secondary N) is 1. The van der Waals surface area contributed by atoms with Crippen LogP contribution in [0.2, 0.25) is 0 Å². The Bertz CT molecular complexity index is 2620. The van der Waals surface area contributed by atoms with Gasteiger partial charge in [0.15, 0.2) is 9.74 Å². The van der Waals surface area contributed by atoms with Gasteiger partial charge in [-0.15, -0.1) is 0 Å². The standard InChI is InChI=1S/C38H33F2N5O8S5/c1-17-6-11-21(12-7-17)58(51,52)53-27-36(23-16-20(40)10-13-24(23)41-28(36)45-30(48)34(3)43(5)32(50)38(27,45)57-55-34)35-22-15-19(39)9-8-18(22)14-25(35)44-29(47)33(2)42(4)31(49)37(44,26(35)46)56-54-33/h6-13,15-16,25-28,41,46H,14H2,1-5H3/t25-,26-,27-,28+,33-,34-,35-,36+,37-,38-/m0/s1. The van der Waals surface area contributed by atoms with Crippen LogP contribution in [-0.2, 0) is 50.7 Å². The molecule has 0 radical (unpaired) electrons. The Kier molecular flexibility index (Phi) is 7.13. The number of rotatable bonds is 4. The minimum absolute atomic E-state index is 0.0249. The third-order valence-electron chi connectivity index (χ3n) is 14.1. The summed E-state index contributed by atoms with van der Waals surface area (Å²) in [6, 6.07) is 12.2. The molecule has 0 saturated carbocycles. The van der Waals surface area contributed by atoms with E-state index in [9.17, 15) is 18.3 Å². The number of likely N-dealkylation sites (N-methyl/N-ethyl adjacent to an activating group) is 2. The Labute approximate surface area is 346 Å². The second-order valence-electron chi connectivity index (χ2n) is 16.4. The third kappa shape index (κ3) is 3.68. The minimum atomic E-state index is -4.92.